The first kappa shape index (κ1) is 15.7. The van der Waals surface area contributed by atoms with E-state index in [0.717, 1.165) is 11.3 Å². The van der Waals surface area contributed by atoms with Crippen molar-refractivity contribution in [3.63, 3.8) is 0 Å². The Hall–Kier alpha value is -1.71. The first-order chi connectivity index (χ1) is 9.95. The fourth-order valence-corrected chi connectivity index (χ4v) is 3.33. The van der Waals surface area contributed by atoms with Gasteiger partial charge in [0.15, 0.2) is 0 Å². The third-order valence-corrected chi connectivity index (χ3v) is 4.75. The number of hydrogen-bond donors (Lipinski definition) is 1. The number of aryl methyl sites for hydroxylation is 1. The predicted molar refractivity (Wildman–Crippen MR) is 86.8 cm³/mol. The van der Waals surface area contributed by atoms with E-state index in [9.17, 15) is 4.79 Å². The molecule has 1 aromatic rings. The molecule has 2 atom stereocenters. The first-order valence-electron chi connectivity index (χ1n) is 7.67. The maximum absolute atomic E-state index is 11.9. The van der Waals surface area contributed by atoms with Crippen molar-refractivity contribution in [1.82, 2.24) is 0 Å². The molecule has 0 spiro atoms. The quantitative estimate of drug-likeness (QED) is 0.685. The minimum absolute atomic E-state index is 0.373. The number of benzene rings is 1. The molecular formula is C17H26N2O2. The average molecular weight is 290 g/mol. The maximum atomic E-state index is 11.9. The van der Waals surface area contributed by atoms with Gasteiger partial charge in [0.25, 0.3) is 0 Å². The number of anilines is 2. The zero-order valence-electron chi connectivity index (χ0n) is 13.5. The summed E-state index contributed by atoms with van der Waals surface area (Å²) in [4.78, 5) is 14.2. The van der Waals surface area contributed by atoms with E-state index in [1.165, 1.54) is 32.8 Å². The molecule has 0 aliphatic heterocycles. The summed E-state index contributed by atoms with van der Waals surface area (Å²) in [5, 5.41) is 0. The Balaban J connectivity index is 2.34. The van der Waals surface area contributed by atoms with Crippen LogP contribution in [0.15, 0.2) is 12.1 Å². The molecule has 0 amide bonds. The summed E-state index contributed by atoms with van der Waals surface area (Å²) < 4.78 is 4.84. The van der Waals surface area contributed by atoms with Crippen LogP contribution < -0.4 is 10.6 Å². The Labute approximate surface area is 127 Å². The van der Waals surface area contributed by atoms with Gasteiger partial charge in [-0.3, -0.25) is 0 Å². The molecule has 2 N–H and O–H groups in total. The predicted octanol–water partition coefficient (Wildman–Crippen LogP) is 3.38. The molecule has 0 bridgehead atoms. The van der Waals surface area contributed by atoms with Gasteiger partial charge in [-0.25, -0.2) is 4.79 Å². The van der Waals surface area contributed by atoms with Gasteiger partial charge in [0.1, 0.15) is 0 Å². The van der Waals surface area contributed by atoms with E-state index in [-0.39, 0.29) is 5.97 Å². The molecule has 1 aliphatic rings. The maximum Gasteiger partial charge on any atom is 0.340 e. The lowest BCUT2D eigenvalue weighted by Gasteiger charge is -2.38. The number of nitrogen functional groups attached to an aromatic ring is 1. The summed E-state index contributed by atoms with van der Waals surface area (Å²) in [6.45, 7) is 4.25. The Bertz CT molecular complexity index is 528. The number of nitrogens with two attached hydrogens (primary N) is 1. The number of ether oxygens (including phenoxy) is 1. The fourth-order valence-electron chi connectivity index (χ4n) is 3.33. The average Bonchev–Trinajstić information content (AvgIpc) is 2.49. The first-order valence-corrected chi connectivity index (χ1v) is 7.67. The number of hydrogen-bond acceptors (Lipinski definition) is 4. The summed E-state index contributed by atoms with van der Waals surface area (Å²) in [5.41, 5.74) is 8.95. The van der Waals surface area contributed by atoms with Crippen LogP contribution in [-0.4, -0.2) is 26.2 Å². The highest BCUT2D eigenvalue weighted by Gasteiger charge is 2.26. The van der Waals surface area contributed by atoms with E-state index in [0.29, 0.717) is 23.2 Å². The number of carbonyl (C=O) groups is 1. The topological polar surface area (TPSA) is 55.6 Å². The Kier molecular flexibility index (Phi) is 4.76. The molecule has 0 radical (unpaired) electrons. The van der Waals surface area contributed by atoms with Crippen molar-refractivity contribution in [3.05, 3.63) is 23.3 Å². The van der Waals surface area contributed by atoms with Crippen LogP contribution in [0, 0.1) is 12.8 Å². The van der Waals surface area contributed by atoms with Gasteiger partial charge in [-0.2, -0.15) is 0 Å². The van der Waals surface area contributed by atoms with Crippen molar-refractivity contribution >= 4 is 17.3 Å². The zero-order valence-corrected chi connectivity index (χ0v) is 13.5. The summed E-state index contributed by atoms with van der Waals surface area (Å²) in [5.74, 6) is 0.297. The van der Waals surface area contributed by atoms with Crippen molar-refractivity contribution in [2.75, 3.05) is 24.8 Å². The highest BCUT2D eigenvalue weighted by Crippen LogP contribution is 2.33. The minimum atomic E-state index is -0.373. The molecule has 4 nitrogen and oxygen atoms in total. The Morgan fingerprint density at radius 1 is 1.33 bits per heavy atom. The van der Waals surface area contributed by atoms with Gasteiger partial charge in [-0.15, -0.1) is 0 Å². The second-order valence-electron chi connectivity index (χ2n) is 6.16. The Morgan fingerprint density at radius 2 is 2.00 bits per heavy atom. The molecule has 4 heteroatoms. The number of esters is 1. The smallest absolute Gasteiger partial charge is 0.340 e. The summed E-state index contributed by atoms with van der Waals surface area (Å²) >= 11 is 0. The van der Waals surface area contributed by atoms with E-state index < -0.39 is 0 Å². The lowest BCUT2D eigenvalue weighted by atomic mass is 9.85. The van der Waals surface area contributed by atoms with E-state index in [1.54, 1.807) is 0 Å². The van der Waals surface area contributed by atoms with E-state index in [2.05, 4.69) is 24.9 Å². The van der Waals surface area contributed by atoms with Crippen LogP contribution >= 0.6 is 0 Å². The number of carbonyl (C=O) groups excluding carboxylic acids is 1. The van der Waals surface area contributed by atoms with Crippen LogP contribution in [0.25, 0.3) is 0 Å². The molecular weight excluding hydrogens is 264 g/mol. The number of methoxy groups -OCH3 is 1. The van der Waals surface area contributed by atoms with Crippen molar-refractivity contribution in [2.24, 2.45) is 5.92 Å². The van der Waals surface area contributed by atoms with Gasteiger partial charge in [0.2, 0.25) is 0 Å². The normalized spacial score (nSPS) is 21.9. The molecule has 2 unspecified atom stereocenters. The molecule has 0 heterocycles. The van der Waals surface area contributed by atoms with Crippen molar-refractivity contribution < 1.29 is 9.53 Å². The standard InChI is InChI=1S/C17H26N2O2/c1-11-7-5-6-8-15(11)19(3)13-9-12(2)16(18)14(10-13)17(20)21-4/h9-11,15H,5-8,18H2,1-4H3. The van der Waals surface area contributed by atoms with E-state index in [4.69, 9.17) is 10.5 Å². The minimum Gasteiger partial charge on any atom is -0.465 e. The SMILES string of the molecule is COC(=O)c1cc(N(C)C2CCCCC2C)cc(C)c1N. The largest absolute Gasteiger partial charge is 0.465 e. The van der Waals surface area contributed by atoms with Gasteiger partial charge >= 0.3 is 5.97 Å². The highest BCUT2D eigenvalue weighted by atomic mass is 16.5. The zero-order chi connectivity index (χ0) is 15.6. The molecule has 1 aromatic carbocycles. The van der Waals surface area contributed by atoms with Gasteiger partial charge in [-0.1, -0.05) is 19.8 Å². The van der Waals surface area contributed by atoms with Crippen LogP contribution in [-0.2, 0) is 4.74 Å². The second-order valence-corrected chi connectivity index (χ2v) is 6.16. The molecule has 1 aliphatic carbocycles. The van der Waals surface area contributed by atoms with Gasteiger partial charge in [0.05, 0.1) is 12.7 Å². The van der Waals surface area contributed by atoms with Gasteiger partial charge in [-0.05, 0) is 43.4 Å². The third kappa shape index (κ3) is 3.14. The van der Waals surface area contributed by atoms with Crippen molar-refractivity contribution in [1.29, 1.82) is 0 Å². The molecule has 2 rings (SSSR count). The second kappa shape index (κ2) is 6.37. The van der Waals surface area contributed by atoms with Gasteiger partial charge in [0, 0.05) is 24.5 Å². The van der Waals surface area contributed by atoms with Crippen LogP contribution in [0.1, 0.15) is 48.5 Å². The van der Waals surface area contributed by atoms with E-state index in [1.807, 2.05) is 13.0 Å². The Morgan fingerprint density at radius 3 is 2.62 bits per heavy atom. The molecule has 1 fully saturated rings. The molecule has 0 aromatic heterocycles. The van der Waals surface area contributed by atoms with Crippen LogP contribution in [0.5, 0.6) is 0 Å². The lowest BCUT2D eigenvalue weighted by molar-refractivity contribution is 0.0602. The molecule has 21 heavy (non-hydrogen) atoms. The summed E-state index contributed by atoms with van der Waals surface area (Å²) in [6.07, 6.45) is 5.07. The molecule has 1 saturated carbocycles. The van der Waals surface area contributed by atoms with E-state index >= 15 is 0 Å². The van der Waals surface area contributed by atoms with Crippen LogP contribution in [0.3, 0.4) is 0 Å². The summed E-state index contributed by atoms with van der Waals surface area (Å²) in [7, 11) is 3.50. The monoisotopic (exact) mass is 290 g/mol. The highest BCUT2D eigenvalue weighted by molar-refractivity contribution is 5.97. The number of nitrogens with zero attached hydrogens (tertiary/aromatic N) is 1. The summed E-state index contributed by atoms with van der Waals surface area (Å²) in [6, 6.07) is 4.44. The number of rotatable bonds is 3. The van der Waals surface area contributed by atoms with Crippen molar-refractivity contribution in [2.45, 2.75) is 45.6 Å². The third-order valence-electron chi connectivity index (χ3n) is 4.75. The molecule has 0 saturated heterocycles. The van der Waals surface area contributed by atoms with Crippen LogP contribution in [0.2, 0.25) is 0 Å². The van der Waals surface area contributed by atoms with Crippen LogP contribution in [0.4, 0.5) is 11.4 Å². The lowest BCUT2D eigenvalue weighted by Crippen LogP contribution is -2.39. The molecule has 116 valence electrons. The fraction of sp³-hybridized carbons (Fsp3) is 0.588. The van der Waals surface area contributed by atoms with Gasteiger partial charge < -0.3 is 15.4 Å². The van der Waals surface area contributed by atoms with Crippen molar-refractivity contribution in [3.8, 4) is 0 Å².